The van der Waals surface area contributed by atoms with Crippen LogP contribution in [0.5, 0.6) is 5.75 Å². The van der Waals surface area contributed by atoms with E-state index in [4.69, 9.17) is 0 Å². The summed E-state index contributed by atoms with van der Waals surface area (Å²) in [5.41, 5.74) is -0.451. The van der Waals surface area contributed by atoms with Crippen LogP contribution in [-0.4, -0.2) is 0 Å². The highest BCUT2D eigenvalue weighted by atomic mass is 19.3. The summed E-state index contributed by atoms with van der Waals surface area (Å²) in [7, 11) is 0. The SMILES string of the molecule is CCC[C@H]1CC[C@H](CCc2ccc(C(F)(F)Oc3cc(F)c(F)c(F)c3)c(F)c2)CC1. The summed E-state index contributed by atoms with van der Waals surface area (Å²) in [5, 5.41) is 0. The zero-order valence-electron chi connectivity index (χ0n) is 17.4. The van der Waals surface area contributed by atoms with Gasteiger partial charge in [-0.3, -0.25) is 0 Å². The maximum Gasteiger partial charge on any atom is 0.429 e. The topological polar surface area (TPSA) is 9.23 Å². The Morgan fingerprint density at radius 2 is 1.42 bits per heavy atom. The van der Waals surface area contributed by atoms with Gasteiger partial charge < -0.3 is 4.74 Å². The number of hydrogen-bond acceptors (Lipinski definition) is 1. The third kappa shape index (κ3) is 5.95. The van der Waals surface area contributed by atoms with E-state index < -0.39 is 40.7 Å². The van der Waals surface area contributed by atoms with E-state index in [1.165, 1.54) is 31.7 Å². The summed E-state index contributed by atoms with van der Waals surface area (Å²) in [6.45, 7) is 2.19. The van der Waals surface area contributed by atoms with Crippen molar-refractivity contribution in [3.05, 3.63) is 64.7 Å². The minimum absolute atomic E-state index is 0.286. The zero-order valence-corrected chi connectivity index (χ0v) is 17.4. The van der Waals surface area contributed by atoms with E-state index in [-0.39, 0.29) is 12.1 Å². The van der Waals surface area contributed by atoms with Crippen LogP contribution in [0, 0.1) is 35.1 Å². The van der Waals surface area contributed by atoms with Gasteiger partial charge in [-0.05, 0) is 42.4 Å². The first kappa shape index (κ1) is 23.5. The smallest absolute Gasteiger partial charge is 0.429 e. The fourth-order valence-corrected chi connectivity index (χ4v) is 4.33. The Morgan fingerprint density at radius 1 is 0.839 bits per heavy atom. The monoisotopic (exact) mass is 444 g/mol. The van der Waals surface area contributed by atoms with Crippen LogP contribution in [0.15, 0.2) is 30.3 Å². The number of ether oxygens (including phenoxy) is 1. The maximum absolute atomic E-state index is 14.4. The molecule has 2 aromatic rings. The Hall–Kier alpha value is -2.18. The molecule has 7 heteroatoms. The molecule has 0 N–H and O–H groups in total. The second-order valence-electron chi connectivity index (χ2n) is 8.35. The molecule has 0 aromatic heterocycles. The number of benzene rings is 2. The molecule has 0 saturated heterocycles. The Morgan fingerprint density at radius 3 is 1.97 bits per heavy atom. The van der Waals surface area contributed by atoms with E-state index in [0.29, 0.717) is 17.9 Å². The van der Waals surface area contributed by atoms with Gasteiger partial charge in [-0.2, -0.15) is 8.78 Å². The van der Waals surface area contributed by atoms with Gasteiger partial charge in [0.2, 0.25) is 0 Å². The molecular weight excluding hydrogens is 418 g/mol. The van der Waals surface area contributed by atoms with Crippen LogP contribution in [0.2, 0.25) is 0 Å². The fourth-order valence-electron chi connectivity index (χ4n) is 4.33. The molecule has 1 fully saturated rings. The molecule has 2 aromatic carbocycles. The minimum atomic E-state index is -4.18. The third-order valence-electron chi connectivity index (χ3n) is 6.05. The van der Waals surface area contributed by atoms with Crippen molar-refractivity contribution >= 4 is 0 Å². The van der Waals surface area contributed by atoms with Crippen molar-refractivity contribution in [2.24, 2.45) is 11.8 Å². The first-order chi connectivity index (χ1) is 14.7. The number of alkyl halides is 2. The Kier molecular flexibility index (Phi) is 7.55. The second-order valence-corrected chi connectivity index (χ2v) is 8.35. The molecule has 1 aliphatic carbocycles. The lowest BCUT2D eigenvalue weighted by atomic mass is 9.78. The molecule has 0 heterocycles. The van der Waals surface area contributed by atoms with Crippen molar-refractivity contribution in [3.63, 3.8) is 0 Å². The number of halogens is 6. The lowest BCUT2D eigenvalue weighted by molar-refractivity contribution is -0.187. The molecule has 0 radical (unpaired) electrons. The Bertz CT molecular complexity index is 867. The molecule has 0 amide bonds. The molecule has 31 heavy (non-hydrogen) atoms. The average Bonchev–Trinajstić information content (AvgIpc) is 2.71. The van der Waals surface area contributed by atoms with Gasteiger partial charge in [0.1, 0.15) is 11.6 Å². The number of aryl methyl sites for hydroxylation is 1. The lowest BCUT2D eigenvalue weighted by Gasteiger charge is -2.28. The number of rotatable bonds is 8. The average molecular weight is 444 g/mol. The van der Waals surface area contributed by atoms with Gasteiger partial charge in [0.05, 0.1) is 5.56 Å². The molecule has 0 spiro atoms. The predicted molar refractivity (Wildman–Crippen MR) is 106 cm³/mol. The Labute approximate surface area is 178 Å². The lowest BCUT2D eigenvalue weighted by Crippen LogP contribution is -2.24. The zero-order chi connectivity index (χ0) is 22.6. The van der Waals surface area contributed by atoms with E-state index in [0.717, 1.165) is 37.3 Å². The third-order valence-corrected chi connectivity index (χ3v) is 6.05. The summed E-state index contributed by atoms with van der Waals surface area (Å²) < 4.78 is 86.9. The Balaban J connectivity index is 1.62. The molecule has 0 bridgehead atoms. The van der Waals surface area contributed by atoms with Crippen LogP contribution in [0.1, 0.15) is 63.0 Å². The van der Waals surface area contributed by atoms with Crippen molar-refractivity contribution < 1.29 is 31.1 Å². The first-order valence-corrected chi connectivity index (χ1v) is 10.7. The van der Waals surface area contributed by atoms with Gasteiger partial charge in [-0.25, -0.2) is 17.6 Å². The second kappa shape index (κ2) is 9.96. The van der Waals surface area contributed by atoms with Crippen molar-refractivity contribution in [1.82, 2.24) is 0 Å². The molecule has 0 unspecified atom stereocenters. The van der Waals surface area contributed by atoms with E-state index in [9.17, 15) is 26.3 Å². The van der Waals surface area contributed by atoms with Crippen LogP contribution in [-0.2, 0) is 12.5 Å². The molecule has 1 nitrogen and oxygen atoms in total. The van der Waals surface area contributed by atoms with Crippen molar-refractivity contribution in [2.45, 2.75) is 64.4 Å². The standard InChI is InChI=1S/C24H26F6O/c1-2-3-15-4-6-16(7-5-15)8-9-17-10-11-19(20(25)12-17)24(29,30)31-18-13-21(26)23(28)22(27)14-18/h10-16H,2-9H2,1H3/t15-,16-. The fraction of sp³-hybridized carbons (Fsp3) is 0.500. The molecule has 1 saturated carbocycles. The molecule has 1 aliphatic rings. The largest absolute Gasteiger partial charge is 0.429 e. The minimum Gasteiger partial charge on any atom is -0.429 e. The van der Waals surface area contributed by atoms with Crippen LogP contribution >= 0.6 is 0 Å². The highest BCUT2D eigenvalue weighted by molar-refractivity contribution is 5.30. The van der Waals surface area contributed by atoms with E-state index in [1.54, 1.807) is 0 Å². The van der Waals surface area contributed by atoms with Crippen molar-refractivity contribution in [3.8, 4) is 5.75 Å². The van der Waals surface area contributed by atoms with Crippen LogP contribution < -0.4 is 4.74 Å². The van der Waals surface area contributed by atoms with Gasteiger partial charge in [0, 0.05) is 12.1 Å². The van der Waals surface area contributed by atoms with E-state index in [1.807, 2.05) is 0 Å². The summed E-state index contributed by atoms with van der Waals surface area (Å²) in [6.07, 6.45) is 4.42. The van der Waals surface area contributed by atoms with Crippen LogP contribution in [0.4, 0.5) is 26.3 Å². The van der Waals surface area contributed by atoms with Crippen LogP contribution in [0.25, 0.3) is 0 Å². The molecule has 170 valence electrons. The predicted octanol–water partition coefficient (Wildman–Crippen LogP) is 7.91. The summed E-state index contributed by atoms with van der Waals surface area (Å²) in [5.74, 6) is -5.91. The van der Waals surface area contributed by atoms with Gasteiger partial charge in [-0.1, -0.05) is 51.5 Å². The highest BCUT2D eigenvalue weighted by Crippen LogP contribution is 2.36. The van der Waals surface area contributed by atoms with Gasteiger partial charge in [0.15, 0.2) is 17.5 Å². The number of hydrogen-bond donors (Lipinski definition) is 0. The van der Waals surface area contributed by atoms with Gasteiger partial charge in [-0.15, -0.1) is 0 Å². The normalized spacial score (nSPS) is 19.5. The van der Waals surface area contributed by atoms with Crippen molar-refractivity contribution in [2.75, 3.05) is 0 Å². The van der Waals surface area contributed by atoms with E-state index in [2.05, 4.69) is 11.7 Å². The first-order valence-electron chi connectivity index (χ1n) is 10.7. The summed E-state index contributed by atoms with van der Waals surface area (Å²) in [6, 6.07) is 3.94. The summed E-state index contributed by atoms with van der Waals surface area (Å²) in [4.78, 5) is 0. The van der Waals surface area contributed by atoms with Gasteiger partial charge >= 0.3 is 6.11 Å². The molecule has 0 aliphatic heterocycles. The van der Waals surface area contributed by atoms with E-state index >= 15 is 0 Å². The quantitative estimate of drug-likeness (QED) is 0.297. The molecule has 3 rings (SSSR count). The van der Waals surface area contributed by atoms with Gasteiger partial charge in [0.25, 0.3) is 0 Å². The van der Waals surface area contributed by atoms with Crippen molar-refractivity contribution in [1.29, 1.82) is 0 Å². The maximum atomic E-state index is 14.4. The molecule has 0 atom stereocenters. The van der Waals surface area contributed by atoms with Crippen LogP contribution in [0.3, 0.4) is 0 Å². The molecular formula is C24H26F6O. The summed E-state index contributed by atoms with van der Waals surface area (Å²) >= 11 is 0. The highest BCUT2D eigenvalue weighted by Gasteiger charge is 2.38.